The third kappa shape index (κ3) is 5.48. The SMILES string of the molecule is CC(C)(C)C(=O)O[C@H]1O[C@H](CO[Si](C)(C)C(C)(C)C)[C@@H](O)[C@H](O)[C@@H]1O. The molecule has 0 saturated carbocycles. The van der Waals surface area contributed by atoms with E-state index in [1.54, 1.807) is 20.8 Å². The molecule has 0 aromatic heterocycles. The summed E-state index contributed by atoms with van der Waals surface area (Å²) in [6.07, 6.45) is -6.59. The van der Waals surface area contributed by atoms with Crippen LogP contribution in [0.5, 0.6) is 0 Å². The lowest BCUT2D eigenvalue weighted by molar-refractivity contribution is -0.294. The zero-order valence-electron chi connectivity index (χ0n) is 16.6. The van der Waals surface area contributed by atoms with Crippen LogP contribution in [-0.2, 0) is 18.7 Å². The highest BCUT2D eigenvalue weighted by molar-refractivity contribution is 6.74. The van der Waals surface area contributed by atoms with Gasteiger partial charge >= 0.3 is 5.97 Å². The molecule has 0 aromatic rings. The Kier molecular flexibility index (Phi) is 6.86. The van der Waals surface area contributed by atoms with Crippen molar-refractivity contribution in [1.29, 1.82) is 0 Å². The maximum absolute atomic E-state index is 12.0. The molecule has 0 aliphatic carbocycles. The van der Waals surface area contributed by atoms with Gasteiger partial charge in [0.2, 0.25) is 6.29 Å². The van der Waals surface area contributed by atoms with Crippen molar-refractivity contribution >= 4 is 14.3 Å². The van der Waals surface area contributed by atoms with Crippen LogP contribution in [0.15, 0.2) is 0 Å². The van der Waals surface area contributed by atoms with Crippen molar-refractivity contribution in [3.8, 4) is 0 Å². The fourth-order valence-corrected chi connectivity index (χ4v) is 2.95. The number of hydrogen-bond donors (Lipinski definition) is 3. The molecule has 8 heteroatoms. The molecule has 0 amide bonds. The van der Waals surface area contributed by atoms with E-state index in [4.69, 9.17) is 13.9 Å². The smallest absolute Gasteiger partial charge is 0.313 e. The molecule has 3 N–H and O–H groups in total. The van der Waals surface area contributed by atoms with Gasteiger partial charge in [0, 0.05) is 0 Å². The quantitative estimate of drug-likeness (QED) is 0.502. The second-order valence-electron chi connectivity index (χ2n) is 9.24. The van der Waals surface area contributed by atoms with Crippen molar-refractivity contribution in [2.75, 3.05) is 6.61 Å². The van der Waals surface area contributed by atoms with Crippen LogP contribution in [0.1, 0.15) is 41.5 Å². The van der Waals surface area contributed by atoms with E-state index < -0.39 is 50.4 Å². The van der Waals surface area contributed by atoms with E-state index in [0.717, 1.165) is 0 Å². The van der Waals surface area contributed by atoms with E-state index in [1.807, 2.05) is 0 Å². The van der Waals surface area contributed by atoms with Gasteiger partial charge in [0.15, 0.2) is 8.32 Å². The van der Waals surface area contributed by atoms with Gasteiger partial charge < -0.3 is 29.2 Å². The van der Waals surface area contributed by atoms with Crippen LogP contribution in [0.3, 0.4) is 0 Å². The number of aliphatic hydroxyl groups is 3. The van der Waals surface area contributed by atoms with Gasteiger partial charge in [0.05, 0.1) is 12.0 Å². The Labute approximate surface area is 151 Å². The molecule has 1 rings (SSSR count). The van der Waals surface area contributed by atoms with Crippen LogP contribution in [0, 0.1) is 5.41 Å². The first-order chi connectivity index (χ1) is 11.1. The molecule has 1 aliphatic rings. The van der Waals surface area contributed by atoms with Gasteiger partial charge in [-0.2, -0.15) is 0 Å². The number of rotatable bonds is 4. The van der Waals surface area contributed by atoms with Crippen LogP contribution in [0.4, 0.5) is 0 Å². The van der Waals surface area contributed by atoms with Gasteiger partial charge in [-0.1, -0.05) is 20.8 Å². The summed E-state index contributed by atoms with van der Waals surface area (Å²) >= 11 is 0. The Bertz CT molecular complexity index is 467. The lowest BCUT2D eigenvalue weighted by atomic mass is 9.96. The van der Waals surface area contributed by atoms with Gasteiger partial charge in [-0.15, -0.1) is 0 Å². The lowest BCUT2D eigenvalue weighted by Gasteiger charge is -2.42. The Morgan fingerprint density at radius 2 is 1.52 bits per heavy atom. The minimum absolute atomic E-state index is 0.0249. The molecule has 0 spiro atoms. The average molecular weight is 379 g/mol. The van der Waals surface area contributed by atoms with Crippen LogP contribution < -0.4 is 0 Å². The molecular formula is C17H34O7Si. The predicted octanol–water partition coefficient (Wildman–Crippen LogP) is 1.41. The molecule has 1 fully saturated rings. The fourth-order valence-electron chi connectivity index (χ4n) is 1.94. The standard InChI is InChI=1S/C17H34O7Si/c1-16(2,3)15(21)24-14-13(20)12(19)11(18)10(23-14)9-22-25(7,8)17(4,5)6/h10-14,18-20H,9H2,1-8H3/t10-,11-,12+,13+,14-/m1/s1. The molecular weight excluding hydrogens is 344 g/mol. The summed E-state index contributed by atoms with van der Waals surface area (Å²) in [5, 5.41) is 30.3. The van der Waals surface area contributed by atoms with E-state index in [1.165, 1.54) is 0 Å². The van der Waals surface area contributed by atoms with Crippen LogP contribution >= 0.6 is 0 Å². The van der Waals surface area contributed by atoms with Crippen molar-refractivity contribution in [2.45, 2.75) is 90.4 Å². The third-order valence-corrected chi connectivity index (χ3v) is 9.42. The molecule has 1 heterocycles. The van der Waals surface area contributed by atoms with E-state index in [0.29, 0.717) is 0 Å². The maximum Gasteiger partial charge on any atom is 0.313 e. The number of ether oxygens (including phenoxy) is 2. The van der Waals surface area contributed by atoms with Gasteiger partial charge in [0.25, 0.3) is 0 Å². The third-order valence-electron chi connectivity index (χ3n) is 4.92. The highest BCUT2D eigenvalue weighted by Crippen LogP contribution is 2.37. The molecule has 0 bridgehead atoms. The van der Waals surface area contributed by atoms with Crippen molar-refractivity contribution in [3.63, 3.8) is 0 Å². The van der Waals surface area contributed by atoms with Crippen molar-refractivity contribution in [3.05, 3.63) is 0 Å². The number of aliphatic hydroxyl groups excluding tert-OH is 3. The Hall–Kier alpha value is -0.513. The topological polar surface area (TPSA) is 105 Å². The molecule has 1 saturated heterocycles. The molecule has 7 nitrogen and oxygen atoms in total. The van der Waals surface area contributed by atoms with Gasteiger partial charge in [-0.25, -0.2) is 0 Å². The molecule has 1 aliphatic heterocycles. The van der Waals surface area contributed by atoms with Crippen LogP contribution in [-0.4, -0.2) is 66.9 Å². The Balaban J connectivity index is 2.82. The first-order valence-electron chi connectivity index (χ1n) is 8.62. The predicted molar refractivity (Wildman–Crippen MR) is 95.4 cm³/mol. The Morgan fingerprint density at radius 3 is 1.96 bits per heavy atom. The second kappa shape index (κ2) is 7.62. The van der Waals surface area contributed by atoms with Gasteiger partial charge in [-0.3, -0.25) is 4.79 Å². The van der Waals surface area contributed by atoms with E-state index in [9.17, 15) is 20.1 Å². The van der Waals surface area contributed by atoms with E-state index >= 15 is 0 Å². The highest BCUT2D eigenvalue weighted by Gasteiger charge is 2.47. The summed E-state index contributed by atoms with van der Waals surface area (Å²) in [7, 11) is -2.08. The minimum Gasteiger partial charge on any atom is -0.432 e. The zero-order chi connectivity index (χ0) is 19.8. The summed E-state index contributed by atoms with van der Waals surface area (Å²) in [6.45, 7) is 15.5. The first kappa shape index (κ1) is 22.5. The number of carbonyl (C=O) groups is 1. The van der Waals surface area contributed by atoms with Gasteiger partial charge in [0.1, 0.15) is 24.4 Å². The van der Waals surface area contributed by atoms with Gasteiger partial charge in [-0.05, 0) is 38.9 Å². The van der Waals surface area contributed by atoms with E-state index in [2.05, 4.69) is 33.9 Å². The largest absolute Gasteiger partial charge is 0.432 e. The summed E-state index contributed by atoms with van der Waals surface area (Å²) in [6, 6.07) is 0. The first-order valence-corrected chi connectivity index (χ1v) is 11.5. The summed E-state index contributed by atoms with van der Waals surface area (Å²) in [4.78, 5) is 12.0. The summed E-state index contributed by atoms with van der Waals surface area (Å²) in [5.41, 5.74) is -0.781. The minimum atomic E-state index is -2.08. The molecule has 25 heavy (non-hydrogen) atoms. The molecule has 0 aromatic carbocycles. The average Bonchev–Trinajstić information content (AvgIpc) is 2.44. The molecule has 0 radical (unpaired) electrons. The Morgan fingerprint density at radius 1 is 1.00 bits per heavy atom. The number of carbonyl (C=O) groups excluding carboxylic acids is 1. The zero-order valence-corrected chi connectivity index (χ0v) is 17.6. The maximum atomic E-state index is 12.0. The van der Waals surface area contributed by atoms with Crippen molar-refractivity contribution in [1.82, 2.24) is 0 Å². The number of hydrogen-bond acceptors (Lipinski definition) is 7. The van der Waals surface area contributed by atoms with Crippen molar-refractivity contribution in [2.24, 2.45) is 5.41 Å². The number of esters is 1. The highest BCUT2D eigenvalue weighted by atomic mass is 28.4. The van der Waals surface area contributed by atoms with Crippen LogP contribution in [0.25, 0.3) is 0 Å². The lowest BCUT2D eigenvalue weighted by Crippen LogP contribution is -2.60. The normalized spacial score (nSPS) is 31.7. The molecule has 5 atom stereocenters. The molecule has 148 valence electrons. The van der Waals surface area contributed by atoms with E-state index in [-0.39, 0.29) is 11.6 Å². The monoisotopic (exact) mass is 378 g/mol. The van der Waals surface area contributed by atoms with Crippen LogP contribution in [0.2, 0.25) is 18.1 Å². The molecule has 0 unspecified atom stereocenters. The summed E-state index contributed by atoms with van der Waals surface area (Å²) in [5.74, 6) is -0.566. The van der Waals surface area contributed by atoms with Crippen molar-refractivity contribution < 1.29 is 34.0 Å². The fraction of sp³-hybridized carbons (Fsp3) is 0.941. The summed E-state index contributed by atoms with van der Waals surface area (Å²) < 4.78 is 16.8. The second-order valence-corrected chi connectivity index (χ2v) is 14.1.